The lowest BCUT2D eigenvalue weighted by molar-refractivity contribution is 0.727. The van der Waals surface area contributed by atoms with Gasteiger partial charge < -0.3 is 5.32 Å². The molecular formula is C9H8Cl2N2. The SMILES string of the molecule is CN[C@@H](C#N)c1ccc(Cl)c(Cl)c1. The van der Waals surface area contributed by atoms with E-state index >= 15 is 0 Å². The van der Waals surface area contributed by atoms with Gasteiger partial charge >= 0.3 is 0 Å². The molecule has 1 aromatic carbocycles. The number of hydrogen-bond donors (Lipinski definition) is 1. The predicted molar refractivity (Wildman–Crippen MR) is 53.9 cm³/mol. The Kier molecular flexibility index (Phi) is 3.56. The van der Waals surface area contributed by atoms with Crippen LogP contribution in [0.1, 0.15) is 11.6 Å². The standard InChI is InChI=1S/C9H8Cl2N2/c1-13-9(5-12)6-2-3-7(10)8(11)4-6/h2-4,9,13H,1H3/t9-/m0/s1. The first-order valence-electron chi connectivity index (χ1n) is 3.71. The Bertz CT molecular complexity index is 344. The Morgan fingerprint density at radius 1 is 1.38 bits per heavy atom. The summed E-state index contributed by atoms with van der Waals surface area (Å²) in [4.78, 5) is 0. The molecule has 0 aliphatic heterocycles. The maximum absolute atomic E-state index is 8.75. The number of nitrogens with zero attached hydrogens (tertiary/aromatic N) is 1. The molecule has 0 fully saturated rings. The third kappa shape index (κ3) is 2.35. The van der Waals surface area contributed by atoms with Crippen molar-refractivity contribution in [1.29, 1.82) is 5.26 Å². The molecule has 0 aromatic heterocycles. The minimum absolute atomic E-state index is 0.338. The van der Waals surface area contributed by atoms with Crippen molar-refractivity contribution in [3.63, 3.8) is 0 Å². The molecule has 4 heteroatoms. The van der Waals surface area contributed by atoms with E-state index in [0.717, 1.165) is 5.56 Å². The molecule has 0 unspecified atom stereocenters. The highest BCUT2D eigenvalue weighted by atomic mass is 35.5. The van der Waals surface area contributed by atoms with Crippen molar-refractivity contribution in [2.24, 2.45) is 0 Å². The number of halogens is 2. The van der Waals surface area contributed by atoms with Crippen LogP contribution in [0.15, 0.2) is 18.2 Å². The second-order valence-electron chi connectivity index (χ2n) is 2.52. The van der Waals surface area contributed by atoms with Crippen molar-refractivity contribution in [3.05, 3.63) is 33.8 Å². The summed E-state index contributed by atoms with van der Waals surface area (Å²) in [6.07, 6.45) is 0. The summed E-state index contributed by atoms with van der Waals surface area (Å²) in [5, 5.41) is 12.6. The molecule has 1 N–H and O–H groups in total. The number of benzene rings is 1. The summed E-state index contributed by atoms with van der Waals surface area (Å²) < 4.78 is 0. The number of nitrogens with one attached hydrogen (secondary N) is 1. The van der Waals surface area contributed by atoms with Crippen LogP contribution in [0.3, 0.4) is 0 Å². The molecule has 0 aliphatic carbocycles. The topological polar surface area (TPSA) is 35.8 Å². The molecule has 1 rings (SSSR count). The Morgan fingerprint density at radius 3 is 2.54 bits per heavy atom. The van der Waals surface area contributed by atoms with E-state index in [2.05, 4.69) is 11.4 Å². The van der Waals surface area contributed by atoms with Gasteiger partial charge in [-0.2, -0.15) is 5.26 Å². The average Bonchev–Trinajstić information content (AvgIpc) is 2.13. The zero-order chi connectivity index (χ0) is 9.84. The van der Waals surface area contributed by atoms with Gasteiger partial charge in [0.2, 0.25) is 0 Å². The Balaban J connectivity index is 3.04. The van der Waals surface area contributed by atoms with E-state index in [1.54, 1.807) is 25.2 Å². The molecule has 0 aliphatic rings. The average molecular weight is 215 g/mol. The quantitative estimate of drug-likeness (QED) is 0.823. The van der Waals surface area contributed by atoms with Crippen molar-refractivity contribution < 1.29 is 0 Å². The van der Waals surface area contributed by atoms with Gasteiger partial charge in [0.25, 0.3) is 0 Å². The first-order chi connectivity index (χ1) is 6.19. The maximum Gasteiger partial charge on any atom is 0.121 e. The van der Waals surface area contributed by atoms with Crippen LogP contribution >= 0.6 is 23.2 Å². The normalized spacial score (nSPS) is 12.2. The Morgan fingerprint density at radius 2 is 2.08 bits per heavy atom. The summed E-state index contributed by atoms with van der Waals surface area (Å²) in [5.74, 6) is 0. The van der Waals surface area contributed by atoms with E-state index < -0.39 is 0 Å². The highest BCUT2D eigenvalue weighted by Gasteiger charge is 2.08. The zero-order valence-corrected chi connectivity index (χ0v) is 8.52. The number of nitriles is 1. The molecule has 0 amide bonds. The smallest absolute Gasteiger partial charge is 0.121 e. The molecule has 0 saturated carbocycles. The molecular weight excluding hydrogens is 207 g/mol. The van der Waals surface area contributed by atoms with Crippen molar-refractivity contribution in [2.45, 2.75) is 6.04 Å². The van der Waals surface area contributed by atoms with E-state index in [4.69, 9.17) is 28.5 Å². The molecule has 0 bridgehead atoms. The van der Waals surface area contributed by atoms with Crippen LogP contribution in [0.25, 0.3) is 0 Å². The van der Waals surface area contributed by atoms with Crippen molar-refractivity contribution >= 4 is 23.2 Å². The van der Waals surface area contributed by atoms with E-state index in [0.29, 0.717) is 10.0 Å². The van der Waals surface area contributed by atoms with Crippen molar-refractivity contribution in [1.82, 2.24) is 5.32 Å². The molecule has 1 atom stereocenters. The van der Waals surface area contributed by atoms with Gasteiger partial charge in [0.15, 0.2) is 0 Å². The van der Waals surface area contributed by atoms with Gasteiger partial charge in [0.05, 0.1) is 16.1 Å². The minimum atomic E-state index is -0.338. The fraction of sp³-hybridized carbons (Fsp3) is 0.222. The van der Waals surface area contributed by atoms with Crippen LogP contribution in [0.4, 0.5) is 0 Å². The summed E-state index contributed by atoms with van der Waals surface area (Å²) >= 11 is 11.5. The molecule has 0 heterocycles. The third-order valence-corrected chi connectivity index (χ3v) is 2.43. The summed E-state index contributed by atoms with van der Waals surface area (Å²) in [6, 6.07) is 6.91. The molecule has 0 radical (unpaired) electrons. The molecule has 2 nitrogen and oxygen atoms in total. The first-order valence-corrected chi connectivity index (χ1v) is 4.46. The summed E-state index contributed by atoms with van der Waals surface area (Å²) in [6.45, 7) is 0. The lowest BCUT2D eigenvalue weighted by Gasteiger charge is -2.08. The molecule has 68 valence electrons. The number of hydrogen-bond acceptors (Lipinski definition) is 2. The van der Waals surface area contributed by atoms with Gasteiger partial charge in [-0.05, 0) is 24.7 Å². The molecule has 0 spiro atoms. The van der Waals surface area contributed by atoms with Crippen molar-refractivity contribution in [3.8, 4) is 6.07 Å². The summed E-state index contributed by atoms with van der Waals surface area (Å²) in [7, 11) is 1.72. The molecule has 0 saturated heterocycles. The monoisotopic (exact) mass is 214 g/mol. The highest BCUT2D eigenvalue weighted by molar-refractivity contribution is 6.42. The fourth-order valence-corrected chi connectivity index (χ4v) is 1.30. The van der Waals surface area contributed by atoms with Gasteiger partial charge in [-0.3, -0.25) is 0 Å². The van der Waals surface area contributed by atoms with Crippen LogP contribution in [-0.2, 0) is 0 Å². The number of rotatable bonds is 2. The Labute approximate surface area is 87.1 Å². The second-order valence-corrected chi connectivity index (χ2v) is 3.34. The van der Waals surface area contributed by atoms with E-state index in [-0.39, 0.29) is 6.04 Å². The van der Waals surface area contributed by atoms with Gasteiger partial charge in [-0.25, -0.2) is 0 Å². The first kappa shape index (κ1) is 10.3. The highest BCUT2D eigenvalue weighted by Crippen LogP contribution is 2.25. The van der Waals surface area contributed by atoms with E-state index in [9.17, 15) is 0 Å². The van der Waals surface area contributed by atoms with Crippen molar-refractivity contribution in [2.75, 3.05) is 7.05 Å². The van der Waals surface area contributed by atoms with Crippen LogP contribution < -0.4 is 5.32 Å². The summed E-state index contributed by atoms with van der Waals surface area (Å²) in [5.41, 5.74) is 0.819. The van der Waals surface area contributed by atoms with Crippen LogP contribution in [0.5, 0.6) is 0 Å². The van der Waals surface area contributed by atoms with E-state index in [1.807, 2.05) is 0 Å². The Hall–Kier alpha value is -0.750. The van der Waals surface area contributed by atoms with Crippen LogP contribution in [0, 0.1) is 11.3 Å². The lowest BCUT2D eigenvalue weighted by atomic mass is 10.1. The fourth-order valence-electron chi connectivity index (χ4n) is 0.998. The molecule has 1 aromatic rings. The van der Waals surface area contributed by atoms with Gasteiger partial charge in [0.1, 0.15) is 6.04 Å². The van der Waals surface area contributed by atoms with Crippen LogP contribution in [0.2, 0.25) is 10.0 Å². The second kappa shape index (κ2) is 4.48. The predicted octanol–water partition coefficient (Wildman–Crippen LogP) is 2.78. The lowest BCUT2D eigenvalue weighted by Crippen LogP contribution is -2.13. The minimum Gasteiger partial charge on any atom is -0.301 e. The largest absolute Gasteiger partial charge is 0.301 e. The maximum atomic E-state index is 8.75. The van der Waals surface area contributed by atoms with Crippen LogP contribution in [-0.4, -0.2) is 7.05 Å². The third-order valence-electron chi connectivity index (χ3n) is 1.69. The zero-order valence-electron chi connectivity index (χ0n) is 7.01. The van der Waals surface area contributed by atoms with Gasteiger partial charge in [0, 0.05) is 0 Å². The van der Waals surface area contributed by atoms with E-state index in [1.165, 1.54) is 0 Å². The van der Waals surface area contributed by atoms with Gasteiger partial charge in [-0.15, -0.1) is 0 Å². The van der Waals surface area contributed by atoms with Gasteiger partial charge in [-0.1, -0.05) is 29.3 Å². The molecule has 13 heavy (non-hydrogen) atoms.